The zero-order chi connectivity index (χ0) is 12.5. The van der Waals surface area contributed by atoms with Crippen LogP contribution in [0.5, 0.6) is 5.88 Å². The van der Waals surface area contributed by atoms with E-state index in [1.807, 2.05) is 16.8 Å². The fourth-order valence-electron chi connectivity index (χ4n) is 2.46. The molecule has 1 aliphatic rings. The molecule has 96 valence electrons. The Morgan fingerprint density at radius 2 is 2.11 bits per heavy atom. The first-order chi connectivity index (χ1) is 8.72. The SMILES string of the molecule is CC1CCC(Oc2nc(Br)cn3ccnc23)CC1. The fraction of sp³-hybridized carbons (Fsp3) is 0.538. The second-order valence-electron chi connectivity index (χ2n) is 5.03. The van der Waals surface area contributed by atoms with Gasteiger partial charge in [-0.1, -0.05) is 6.92 Å². The summed E-state index contributed by atoms with van der Waals surface area (Å²) in [5, 5.41) is 0. The van der Waals surface area contributed by atoms with E-state index in [1.165, 1.54) is 12.8 Å². The Hall–Kier alpha value is -1.10. The van der Waals surface area contributed by atoms with E-state index < -0.39 is 0 Å². The number of aromatic nitrogens is 3. The third kappa shape index (κ3) is 2.36. The van der Waals surface area contributed by atoms with Crippen molar-refractivity contribution in [3.63, 3.8) is 0 Å². The average molecular weight is 310 g/mol. The molecule has 2 aromatic rings. The average Bonchev–Trinajstić information content (AvgIpc) is 2.80. The molecule has 0 spiro atoms. The molecule has 0 amide bonds. The van der Waals surface area contributed by atoms with Crippen molar-refractivity contribution in [2.45, 2.75) is 38.7 Å². The van der Waals surface area contributed by atoms with Crippen LogP contribution in [0.1, 0.15) is 32.6 Å². The monoisotopic (exact) mass is 309 g/mol. The van der Waals surface area contributed by atoms with Gasteiger partial charge in [-0.2, -0.15) is 0 Å². The van der Waals surface area contributed by atoms with Gasteiger partial charge in [0.05, 0.1) is 0 Å². The predicted molar refractivity (Wildman–Crippen MR) is 72.7 cm³/mol. The number of imidazole rings is 1. The summed E-state index contributed by atoms with van der Waals surface area (Å²) < 4.78 is 8.73. The summed E-state index contributed by atoms with van der Waals surface area (Å²) in [4.78, 5) is 8.69. The summed E-state index contributed by atoms with van der Waals surface area (Å²) in [5.41, 5.74) is 0.789. The zero-order valence-corrected chi connectivity index (χ0v) is 11.9. The van der Waals surface area contributed by atoms with Gasteiger partial charge in [0.15, 0.2) is 0 Å². The molecule has 2 aromatic heterocycles. The summed E-state index contributed by atoms with van der Waals surface area (Å²) in [5.74, 6) is 1.46. The van der Waals surface area contributed by atoms with Crippen LogP contribution in [0.3, 0.4) is 0 Å². The van der Waals surface area contributed by atoms with E-state index in [4.69, 9.17) is 4.74 Å². The molecular formula is C13H16BrN3O. The Balaban J connectivity index is 1.83. The summed E-state index contributed by atoms with van der Waals surface area (Å²) in [7, 11) is 0. The number of halogens is 1. The standard InChI is InChI=1S/C13H16BrN3O/c1-9-2-4-10(5-3-9)18-13-12-15-6-7-17(12)8-11(14)16-13/h6-10H,2-5H2,1H3. The minimum absolute atomic E-state index is 0.281. The van der Waals surface area contributed by atoms with Crippen LogP contribution in [0.25, 0.3) is 5.65 Å². The van der Waals surface area contributed by atoms with Gasteiger partial charge in [-0.3, -0.25) is 4.40 Å². The van der Waals surface area contributed by atoms with Crippen LogP contribution in [0, 0.1) is 5.92 Å². The van der Waals surface area contributed by atoms with Crippen molar-refractivity contribution in [3.05, 3.63) is 23.2 Å². The minimum atomic E-state index is 0.281. The van der Waals surface area contributed by atoms with Gasteiger partial charge >= 0.3 is 0 Å². The Labute approximate surface area is 115 Å². The molecule has 0 N–H and O–H groups in total. The van der Waals surface area contributed by atoms with E-state index in [9.17, 15) is 0 Å². The predicted octanol–water partition coefficient (Wildman–Crippen LogP) is 3.45. The van der Waals surface area contributed by atoms with Crippen LogP contribution < -0.4 is 4.74 Å². The lowest BCUT2D eigenvalue weighted by molar-refractivity contribution is 0.131. The van der Waals surface area contributed by atoms with E-state index in [0.29, 0.717) is 5.88 Å². The number of nitrogens with zero attached hydrogens (tertiary/aromatic N) is 3. The van der Waals surface area contributed by atoms with Crippen molar-refractivity contribution in [3.8, 4) is 5.88 Å². The Morgan fingerprint density at radius 1 is 1.33 bits per heavy atom. The summed E-state index contributed by atoms with van der Waals surface area (Å²) in [6, 6.07) is 0. The Bertz CT molecular complexity index is 546. The van der Waals surface area contributed by atoms with Gasteiger partial charge in [-0.05, 0) is 47.5 Å². The smallest absolute Gasteiger partial charge is 0.259 e. The van der Waals surface area contributed by atoms with Gasteiger partial charge in [0.25, 0.3) is 5.88 Å². The second kappa shape index (κ2) is 4.88. The van der Waals surface area contributed by atoms with E-state index in [1.54, 1.807) is 6.20 Å². The van der Waals surface area contributed by atoms with Gasteiger partial charge < -0.3 is 4.74 Å². The van der Waals surface area contributed by atoms with Crippen LogP contribution in [-0.2, 0) is 0 Å². The second-order valence-corrected chi connectivity index (χ2v) is 5.84. The quantitative estimate of drug-likeness (QED) is 0.853. The normalized spacial score (nSPS) is 24.3. The molecule has 5 heteroatoms. The van der Waals surface area contributed by atoms with Crippen molar-refractivity contribution >= 4 is 21.6 Å². The highest BCUT2D eigenvalue weighted by atomic mass is 79.9. The molecule has 0 aromatic carbocycles. The first-order valence-corrected chi connectivity index (χ1v) is 7.17. The Morgan fingerprint density at radius 3 is 2.89 bits per heavy atom. The number of hydrogen-bond acceptors (Lipinski definition) is 3. The third-order valence-electron chi connectivity index (χ3n) is 3.56. The molecule has 0 radical (unpaired) electrons. The molecule has 3 rings (SSSR count). The maximum atomic E-state index is 6.03. The summed E-state index contributed by atoms with van der Waals surface area (Å²) in [6.45, 7) is 2.31. The van der Waals surface area contributed by atoms with Gasteiger partial charge in [-0.15, -0.1) is 0 Å². The van der Waals surface area contributed by atoms with Gasteiger partial charge in [0.2, 0.25) is 5.65 Å². The highest BCUT2D eigenvalue weighted by molar-refractivity contribution is 9.10. The van der Waals surface area contributed by atoms with Crippen LogP contribution in [0.2, 0.25) is 0 Å². The van der Waals surface area contributed by atoms with Crippen molar-refractivity contribution < 1.29 is 4.74 Å². The van der Waals surface area contributed by atoms with Crippen LogP contribution in [0.4, 0.5) is 0 Å². The molecule has 0 atom stereocenters. The van der Waals surface area contributed by atoms with Crippen LogP contribution in [-0.4, -0.2) is 20.5 Å². The third-order valence-corrected chi connectivity index (χ3v) is 3.94. The molecule has 1 saturated carbocycles. The van der Waals surface area contributed by atoms with E-state index in [2.05, 4.69) is 32.8 Å². The van der Waals surface area contributed by atoms with E-state index in [-0.39, 0.29) is 6.10 Å². The van der Waals surface area contributed by atoms with Crippen molar-refractivity contribution in [1.82, 2.24) is 14.4 Å². The number of hydrogen-bond donors (Lipinski definition) is 0. The minimum Gasteiger partial charge on any atom is -0.472 e. The molecule has 1 fully saturated rings. The summed E-state index contributed by atoms with van der Waals surface area (Å²) in [6.07, 6.45) is 10.5. The van der Waals surface area contributed by atoms with Gasteiger partial charge in [0, 0.05) is 18.6 Å². The lowest BCUT2D eigenvalue weighted by atomic mass is 9.89. The fourth-order valence-corrected chi connectivity index (χ4v) is 2.84. The number of fused-ring (bicyclic) bond motifs is 1. The Kier molecular flexibility index (Phi) is 3.24. The topological polar surface area (TPSA) is 39.4 Å². The molecule has 1 aliphatic carbocycles. The zero-order valence-electron chi connectivity index (χ0n) is 10.3. The van der Waals surface area contributed by atoms with E-state index in [0.717, 1.165) is 29.0 Å². The highest BCUT2D eigenvalue weighted by Gasteiger charge is 2.21. The van der Waals surface area contributed by atoms with Crippen molar-refractivity contribution in [2.75, 3.05) is 0 Å². The number of ether oxygens (including phenoxy) is 1. The number of rotatable bonds is 2. The van der Waals surface area contributed by atoms with E-state index >= 15 is 0 Å². The lowest BCUT2D eigenvalue weighted by Crippen LogP contribution is -2.23. The molecule has 0 bridgehead atoms. The maximum Gasteiger partial charge on any atom is 0.259 e. The van der Waals surface area contributed by atoms with Crippen LogP contribution in [0.15, 0.2) is 23.2 Å². The van der Waals surface area contributed by atoms with Crippen LogP contribution >= 0.6 is 15.9 Å². The molecule has 2 heterocycles. The first kappa shape index (κ1) is 12.0. The molecule has 0 saturated heterocycles. The summed E-state index contributed by atoms with van der Waals surface area (Å²) >= 11 is 3.40. The maximum absolute atomic E-state index is 6.03. The van der Waals surface area contributed by atoms with Crippen molar-refractivity contribution in [1.29, 1.82) is 0 Å². The van der Waals surface area contributed by atoms with Gasteiger partial charge in [-0.25, -0.2) is 9.97 Å². The molecule has 0 unspecified atom stereocenters. The van der Waals surface area contributed by atoms with Crippen molar-refractivity contribution in [2.24, 2.45) is 5.92 Å². The molecule has 0 aliphatic heterocycles. The molecule has 4 nitrogen and oxygen atoms in total. The molecular weight excluding hydrogens is 294 g/mol. The largest absolute Gasteiger partial charge is 0.472 e. The first-order valence-electron chi connectivity index (χ1n) is 6.38. The highest BCUT2D eigenvalue weighted by Crippen LogP contribution is 2.28. The van der Waals surface area contributed by atoms with Gasteiger partial charge in [0.1, 0.15) is 10.7 Å². The lowest BCUT2D eigenvalue weighted by Gasteiger charge is -2.26. The molecule has 18 heavy (non-hydrogen) atoms.